The zero-order valence-electron chi connectivity index (χ0n) is 11.8. The summed E-state index contributed by atoms with van der Waals surface area (Å²) in [5.41, 5.74) is 9.39. The second-order valence-corrected chi connectivity index (χ2v) is 5.46. The van der Waals surface area contributed by atoms with Gasteiger partial charge in [0.15, 0.2) is 0 Å². The van der Waals surface area contributed by atoms with Gasteiger partial charge in [-0.1, -0.05) is 29.8 Å². The Morgan fingerprint density at radius 3 is 2.20 bits per heavy atom. The largest absolute Gasteiger partial charge is 0.341 e. The van der Waals surface area contributed by atoms with Crippen LogP contribution in [-0.2, 0) is 0 Å². The van der Waals surface area contributed by atoms with E-state index in [4.69, 9.17) is 5.73 Å². The summed E-state index contributed by atoms with van der Waals surface area (Å²) in [6.07, 6.45) is 5.84. The third-order valence-electron chi connectivity index (χ3n) is 3.85. The van der Waals surface area contributed by atoms with Crippen LogP contribution in [0.2, 0.25) is 0 Å². The molecule has 0 unspecified atom stereocenters. The van der Waals surface area contributed by atoms with Crippen molar-refractivity contribution in [1.29, 1.82) is 0 Å². The molecule has 1 aliphatic rings. The molecule has 2 heterocycles. The normalized spacial score (nSPS) is 16.4. The summed E-state index contributed by atoms with van der Waals surface area (Å²) in [4.78, 5) is 11.2. The molecule has 2 N–H and O–H groups in total. The maximum Gasteiger partial charge on any atom is 0.225 e. The second-order valence-electron chi connectivity index (χ2n) is 5.46. The van der Waals surface area contributed by atoms with E-state index in [-0.39, 0.29) is 0 Å². The molecule has 104 valence electrons. The van der Waals surface area contributed by atoms with Crippen molar-refractivity contribution in [2.45, 2.75) is 25.8 Å². The van der Waals surface area contributed by atoms with Crippen LogP contribution in [0.5, 0.6) is 0 Å². The van der Waals surface area contributed by atoms with Gasteiger partial charge in [-0.15, -0.1) is 0 Å². The van der Waals surface area contributed by atoms with E-state index in [1.54, 1.807) is 0 Å². The molecule has 1 saturated heterocycles. The van der Waals surface area contributed by atoms with Crippen LogP contribution < -0.4 is 10.6 Å². The van der Waals surface area contributed by atoms with Crippen molar-refractivity contribution < 1.29 is 0 Å². The first-order valence-electron chi connectivity index (χ1n) is 7.12. The van der Waals surface area contributed by atoms with E-state index < -0.39 is 0 Å². The SMILES string of the molecule is Cc1ccc(-c2cnc(N3CCC(N)CC3)nc2)cc1. The average molecular weight is 268 g/mol. The molecular weight excluding hydrogens is 248 g/mol. The Kier molecular flexibility index (Phi) is 3.65. The van der Waals surface area contributed by atoms with Crippen molar-refractivity contribution in [2.24, 2.45) is 5.73 Å². The lowest BCUT2D eigenvalue weighted by atomic mass is 10.1. The van der Waals surface area contributed by atoms with Gasteiger partial charge in [-0.05, 0) is 25.3 Å². The molecule has 4 nitrogen and oxygen atoms in total. The number of aromatic nitrogens is 2. The lowest BCUT2D eigenvalue weighted by molar-refractivity contribution is 0.495. The van der Waals surface area contributed by atoms with E-state index in [2.05, 4.69) is 46.1 Å². The number of benzene rings is 1. The highest BCUT2D eigenvalue weighted by molar-refractivity contribution is 5.62. The van der Waals surface area contributed by atoms with E-state index in [1.165, 1.54) is 5.56 Å². The minimum absolute atomic E-state index is 0.332. The van der Waals surface area contributed by atoms with E-state index >= 15 is 0 Å². The highest BCUT2D eigenvalue weighted by Gasteiger charge is 2.17. The Morgan fingerprint density at radius 1 is 1.00 bits per heavy atom. The smallest absolute Gasteiger partial charge is 0.225 e. The maximum atomic E-state index is 5.92. The average Bonchev–Trinajstić information content (AvgIpc) is 2.49. The Bertz CT molecular complexity index is 554. The summed E-state index contributed by atoms with van der Waals surface area (Å²) < 4.78 is 0. The molecule has 0 amide bonds. The topological polar surface area (TPSA) is 55.0 Å². The van der Waals surface area contributed by atoms with Gasteiger partial charge in [0.25, 0.3) is 0 Å². The van der Waals surface area contributed by atoms with Crippen LogP contribution in [-0.4, -0.2) is 29.1 Å². The van der Waals surface area contributed by atoms with Gasteiger partial charge in [-0.3, -0.25) is 0 Å². The molecule has 0 spiro atoms. The number of rotatable bonds is 2. The number of anilines is 1. The van der Waals surface area contributed by atoms with Crippen LogP contribution in [0, 0.1) is 6.92 Å². The minimum atomic E-state index is 0.332. The fourth-order valence-electron chi connectivity index (χ4n) is 2.48. The van der Waals surface area contributed by atoms with E-state index in [0.29, 0.717) is 6.04 Å². The number of hydrogen-bond donors (Lipinski definition) is 1. The molecule has 1 aromatic heterocycles. The van der Waals surface area contributed by atoms with Crippen molar-refractivity contribution in [2.75, 3.05) is 18.0 Å². The molecule has 4 heteroatoms. The lowest BCUT2D eigenvalue weighted by Gasteiger charge is -2.30. The molecule has 0 atom stereocenters. The first kappa shape index (κ1) is 13.1. The van der Waals surface area contributed by atoms with Crippen molar-refractivity contribution in [3.63, 3.8) is 0 Å². The van der Waals surface area contributed by atoms with E-state index in [1.807, 2.05) is 12.4 Å². The molecule has 2 aromatic rings. The third-order valence-corrected chi connectivity index (χ3v) is 3.85. The summed E-state index contributed by atoms with van der Waals surface area (Å²) >= 11 is 0. The van der Waals surface area contributed by atoms with Gasteiger partial charge in [0.05, 0.1) is 0 Å². The predicted octanol–water partition coefficient (Wildman–Crippen LogP) is 2.38. The predicted molar refractivity (Wildman–Crippen MR) is 81.6 cm³/mol. The van der Waals surface area contributed by atoms with Crippen molar-refractivity contribution >= 4 is 5.95 Å². The fraction of sp³-hybridized carbons (Fsp3) is 0.375. The van der Waals surface area contributed by atoms with Crippen LogP contribution in [0.3, 0.4) is 0 Å². The van der Waals surface area contributed by atoms with Gasteiger partial charge < -0.3 is 10.6 Å². The van der Waals surface area contributed by atoms with E-state index in [9.17, 15) is 0 Å². The van der Waals surface area contributed by atoms with Gasteiger partial charge in [-0.2, -0.15) is 0 Å². The molecule has 0 radical (unpaired) electrons. The number of nitrogens with zero attached hydrogens (tertiary/aromatic N) is 3. The maximum absolute atomic E-state index is 5.92. The molecule has 1 aliphatic heterocycles. The van der Waals surface area contributed by atoms with Crippen LogP contribution >= 0.6 is 0 Å². The van der Waals surface area contributed by atoms with Gasteiger partial charge >= 0.3 is 0 Å². The molecule has 3 rings (SSSR count). The first-order valence-corrected chi connectivity index (χ1v) is 7.12. The summed E-state index contributed by atoms with van der Waals surface area (Å²) in [6, 6.07) is 8.75. The second kappa shape index (κ2) is 5.59. The number of nitrogens with two attached hydrogens (primary N) is 1. The number of piperidine rings is 1. The van der Waals surface area contributed by atoms with Gasteiger partial charge in [-0.25, -0.2) is 9.97 Å². The molecule has 1 aromatic carbocycles. The van der Waals surface area contributed by atoms with Crippen LogP contribution in [0.1, 0.15) is 18.4 Å². The Morgan fingerprint density at radius 2 is 1.60 bits per heavy atom. The zero-order chi connectivity index (χ0) is 13.9. The highest BCUT2D eigenvalue weighted by Crippen LogP contribution is 2.20. The monoisotopic (exact) mass is 268 g/mol. The lowest BCUT2D eigenvalue weighted by Crippen LogP contribution is -2.40. The Hall–Kier alpha value is -1.94. The highest BCUT2D eigenvalue weighted by atomic mass is 15.2. The third kappa shape index (κ3) is 2.80. The minimum Gasteiger partial charge on any atom is -0.341 e. The number of aryl methyl sites for hydroxylation is 1. The van der Waals surface area contributed by atoms with Crippen molar-refractivity contribution in [1.82, 2.24) is 9.97 Å². The summed E-state index contributed by atoms with van der Waals surface area (Å²) in [7, 11) is 0. The molecule has 1 fully saturated rings. The quantitative estimate of drug-likeness (QED) is 0.908. The van der Waals surface area contributed by atoms with E-state index in [0.717, 1.165) is 43.0 Å². The molecule has 0 aliphatic carbocycles. The fourth-order valence-corrected chi connectivity index (χ4v) is 2.48. The summed E-state index contributed by atoms with van der Waals surface area (Å²) in [5.74, 6) is 0.813. The summed E-state index contributed by atoms with van der Waals surface area (Å²) in [6.45, 7) is 3.99. The van der Waals surface area contributed by atoms with Gasteiger partial charge in [0.2, 0.25) is 5.95 Å². The molecule has 20 heavy (non-hydrogen) atoms. The molecular formula is C16H20N4. The van der Waals surface area contributed by atoms with Crippen LogP contribution in [0.4, 0.5) is 5.95 Å². The first-order chi connectivity index (χ1) is 9.72. The van der Waals surface area contributed by atoms with Crippen LogP contribution in [0.25, 0.3) is 11.1 Å². The van der Waals surface area contributed by atoms with Crippen molar-refractivity contribution in [3.8, 4) is 11.1 Å². The van der Waals surface area contributed by atoms with Gasteiger partial charge in [0.1, 0.15) is 0 Å². The Balaban J connectivity index is 1.76. The van der Waals surface area contributed by atoms with Gasteiger partial charge in [0, 0.05) is 37.1 Å². The Labute approximate surface area is 119 Å². The standard InChI is InChI=1S/C16H20N4/c1-12-2-4-13(5-3-12)14-10-18-16(19-11-14)20-8-6-15(17)7-9-20/h2-5,10-11,15H,6-9,17H2,1H3. The zero-order valence-corrected chi connectivity index (χ0v) is 11.8. The number of hydrogen-bond acceptors (Lipinski definition) is 4. The summed E-state index contributed by atoms with van der Waals surface area (Å²) in [5, 5.41) is 0. The van der Waals surface area contributed by atoms with Crippen molar-refractivity contribution in [3.05, 3.63) is 42.2 Å². The molecule has 0 saturated carbocycles. The van der Waals surface area contributed by atoms with Crippen LogP contribution in [0.15, 0.2) is 36.7 Å². The molecule has 0 bridgehead atoms.